The van der Waals surface area contributed by atoms with Crippen molar-refractivity contribution in [2.45, 2.75) is 32.9 Å². The minimum Gasteiger partial charge on any atom is -0.357 e. The highest BCUT2D eigenvalue weighted by Gasteiger charge is 2.31. The van der Waals surface area contributed by atoms with Gasteiger partial charge in [-0.3, -0.25) is 0 Å². The summed E-state index contributed by atoms with van der Waals surface area (Å²) >= 11 is 1.52. The van der Waals surface area contributed by atoms with Gasteiger partial charge in [0.25, 0.3) is 0 Å². The van der Waals surface area contributed by atoms with Crippen LogP contribution < -0.4 is 5.32 Å². The minimum atomic E-state index is -2.93. The molecule has 3 aromatic rings. The molecule has 1 fully saturated rings. The monoisotopic (exact) mass is 419 g/mol. The summed E-state index contributed by atoms with van der Waals surface area (Å²) in [7, 11) is -2.93. The summed E-state index contributed by atoms with van der Waals surface area (Å²) in [5.41, 5.74) is 5.01. The molecule has 3 heterocycles. The fourth-order valence-electron chi connectivity index (χ4n) is 3.84. The predicted octanol–water partition coefficient (Wildman–Crippen LogP) is 4.34. The van der Waals surface area contributed by atoms with Gasteiger partial charge in [-0.25, -0.2) is 17.8 Å². The first kappa shape index (κ1) is 19.1. The zero-order valence-corrected chi connectivity index (χ0v) is 17.4. The number of rotatable bonds is 5. The highest BCUT2D eigenvalue weighted by molar-refractivity contribution is 7.91. The normalized spacial score (nSPS) is 18.5. The van der Waals surface area contributed by atoms with Crippen molar-refractivity contribution in [3.05, 3.63) is 58.5 Å². The molecule has 1 saturated heterocycles. The van der Waals surface area contributed by atoms with Crippen molar-refractivity contribution >= 4 is 26.3 Å². The third-order valence-corrected chi connectivity index (χ3v) is 7.75. The quantitative estimate of drug-likeness (QED) is 0.668. The van der Waals surface area contributed by atoms with Gasteiger partial charge < -0.3 is 9.88 Å². The summed E-state index contributed by atoms with van der Waals surface area (Å²) < 4.78 is 38.9. The van der Waals surface area contributed by atoms with E-state index in [1.54, 1.807) is 12.1 Å². The Kier molecular flexibility index (Phi) is 5.01. The number of thiazole rings is 1. The number of halogens is 1. The number of aryl methyl sites for hydroxylation is 1. The van der Waals surface area contributed by atoms with E-state index in [1.807, 2.05) is 19.2 Å². The van der Waals surface area contributed by atoms with E-state index in [0.717, 1.165) is 33.3 Å². The van der Waals surface area contributed by atoms with E-state index in [4.69, 9.17) is 0 Å². The summed E-state index contributed by atoms with van der Waals surface area (Å²) in [5, 5.41) is 6.08. The summed E-state index contributed by atoms with van der Waals surface area (Å²) in [6.45, 7) is 4.62. The van der Waals surface area contributed by atoms with Gasteiger partial charge in [0.2, 0.25) is 0 Å². The molecular formula is C20H22FN3O2S2. The molecule has 5 nitrogen and oxygen atoms in total. The van der Waals surface area contributed by atoms with Crippen LogP contribution in [0.3, 0.4) is 0 Å². The van der Waals surface area contributed by atoms with Gasteiger partial charge >= 0.3 is 0 Å². The first-order valence-corrected chi connectivity index (χ1v) is 11.9. The molecular weight excluding hydrogens is 397 g/mol. The van der Waals surface area contributed by atoms with Crippen molar-refractivity contribution in [1.29, 1.82) is 0 Å². The maximum absolute atomic E-state index is 13.0. The average Bonchev–Trinajstić information content (AvgIpc) is 3.32. The van der Waals surface area contributed by atoms with Crippen molar-refractivity contribution in [3.63, 3.8) is 0 Å². The van der Waals surface area contributed by atoms with Gasteiger partial charge in [0.1, 0.15) is 5.82 Å². The number of nitrogens with zero attached hydrogens (tertiary/aromatic N) is 2. The lowest BCUT2D eigenvalue weighted by Gasteiger charge is -2.16. The van der Waals surface area contributed by atoms with Crippen LogP contribution in [0.15, 0.2) is 35.7 Å². The van der Waals surface area contributed by atoms with Crippen LogP contribution in [0.5, 0.6) is 0 Å². The Labute approximate surface area is 168 Å². The Hall–Kier alpha value is -2.19. The summed E-state index contributed by atoms with van der Waals surface area (Å²) in [6.07, 6.45) is 0.666. The molecule has 0 bridgehead atoms. The van der Waals surface area contributed by atoms with Crippen molar-refractivity contribution in [2.75, 3.05) is 16.8 Å². The number of nitrogens with one attached hydrogen (secondary N) is 1. The molecule has 148 valence electrons. The van der Waals surface area contributed by atoms with Crippen molar-refractivity contribution in [1.82, 2.24) is 9.55 Å². The minimum absolute atomic E-state index is 0.00783. The number of sulfone groups is 1. The summed E-state index contributed by atoms with van der Waals surface area (Å²) in [6, 6.07) is 8.48. The largest absolute Gasteiger partial charge is 0.357 e. The smallest absolute Gasteiger partial charge is 0.183 e. The highest BCUT2D eigenvalue weighted by atomic mass is 32.2. The second-order valence-corrected chi connectivity index (χ2v) is 10.3. The van der Waals surface area contributed by atoms with Crippen LogP contribution in [0.2, 0.25) is 0 Å². The number of hydrogen-bond acceptors (Lipinski definition) is 5. The average molecular weight is 420 g/mol. The van der Waals surface area contributed by atoms with Crippen molar-refractivity contribution in [2.24, 2.45) is 0 Å². The van der Waals surface area contributed by atoms with E-state index in [9.17, 15) is 12.8 Å². The van der Waals surface area contributed by atoms with Gasteiger partial charge in [-0.15, -0.1) is 11.3 Å². The van der Waals surface area contributed by atoms with Gasteiger partial charge in [-0.05, 0) is 44.0 Å². The SMILES string of the molecule is Cc1cc(-c2csc(NCc3ccc(F)cc3)n2)c(C)n1[C@H]1CCS(=O)(=O)C1. The lowest BCUT2D eigenvalue weighted by Crippen LogP contribution is -2.13. The fourth-order valence-corrected chi connectivity index (χ4v) is 6.25. The molecule has 1 atom stereocenters. The molecule has 1 N–H and O–H groups in total. The van der Waals surface area contributed by atoms with Crippen molar-refractivity contribution < 1.29 is 12.8 Å². The fraction of sp³-hybridized carbons (Fsp3) is 0.350. The van der Waals surface area contributed by atoms with E-state index in [2.05, 4.69) is 20.9 Å². The molecule has 1 aromatic carbocycles. The molecule has 1 aliphatic rings. The molecule has 0 amide bonds. The Morgan fingerprint density at radius 2 is 2.04 bits per heavy atom. The second kappa shape index (κ2) is 7.33. The molecule has 0 spiro atoms. The van der Waals surface area contributed by atoms with Crippen LogP contribution >= 0.6 is 11.3 Å². The van der Waals surface area contributed by atoms with Crippen LogP contribution in [0, 0.1) is 19.7 Å². The maximum Gasteiger partial charge on any atom is 0.183 e. The Balaban J connectivity index is 1.52. The number of aromatic nitrogens is 2. The number of benzene rings is 1. The topological polar surface area (TPSA) is 64.0 Å². The van der Waals surface area contributed by atoms with Crippen LogP contribution in [0.4, 0.5) is 9.52 Å². The van der Waals surface area contributed by atoms with Crippen LogP contribution in [-0.2, 0) is 16.4 Å². The molecule has 28 heavy (non-hydrogen) atoms. The van der Waals surface area contributed by atoms with Crippen LogP contribution in [0.1, 0.15) is 29.4 Å². The maximum atomic E-state index is 13.0. The molecule has 1 aliphatic heterocycles. The second-order valence-electron chi connectivity index (χ2n) is 7.23. The zero-order chi connectivity index (χ0) is 19.9. The Morgan fingerprint density at radius 1 is 1.29 bits per heavy atom. The summed E-state index contributed by atoms with van der Waals surface area (Å²) in [4.78, 5) is 4.69. The van der Waals surface area contributed by atoms with Crippen LogP contribution in [0.25, 0.3) is 11.3 Å². The molecule has 0 aliphatic carbocycles. The highest BCUT2D eigenvalue weighted by Crippen LogP contribution is 2.34. The molecule has 0 radical (unpaired) electrons. The summed E-state index contributed by atoms with van der Waals surface area (Å²) in [5.74, 6) is 0.230. The van der Waals surface area contributed by atoms with E-state index >= 15 is 0 Å². The van der Waals surface area contributed by atoms with Gasteiger partial charge in [-0.1, -0.05) is 12.1 Å². The third kappa shape index (κ3) is 3.84. The molecule has 4 rings (SSSR count). The molecule has 0 unspecified atom stereocenters. The predicted molar refractivity (Wildman–Crippen MR) is 111 cm³/mol. The lowest BCUT2D eigenvalue weighted by atomic mass is 10.2. The van der Waals surface area contributed by atoms with E-state index in [1.165, 1.54) is 23.5 Å². The van der Waals surface area contributed by atoms with Gasteiger partial charge in [0.05, 0.1) is 17.2 Å². The first-order chi connectivity index (χ1) is 13.3. The standard InChI is InChI=1S/C20H22FN3O2S2/c1-13-9-18(14(2)24(13)17-7-8-28(25,26)12-17)19-11-27-20(23-19)22-10-15-3-5-16(21)6-4-15/h3-6,9,11,17H,7-8,10,12H2,1-2H3,(H,22,23)/t17-/m0/s1. The van der Waals surface area contributed by atoms with Gasteiger partial charge in [-0.2, -0.15) is 0 Å². The van der Waals surface area contributed by atoms with E-state index < -0.39 is 9.84 Å². The lowest BCUT2D eigenvalue weighted by molar-refractivity contribution is 0.536. The van der Waals surface area contributed by atoms with Gasteiger partial charge in [0, 0.05) is 34.9 Å². The van der Waals surface area contributed by atoms with Gasteiger partial charge in [0.15, 0.2) is 15.0 Å². The Bertz CT molecular complexity index is 1100. The van der Waals surface area contributed by atoms with Crippen LogP contribution in [-0.4, -0.2) is 29.5 Å². The molecule has 8 heteroatoms. The molecule has 0 saturated carbocycles. The number of anilines is 1. The number of hydrogen-bond donors (Lipinski definition) is 1. The van der Waals surface area contributed by atoms with E-state index in [0.29, 0.717) is 13.0 Å². The zero-order valence-electron chi connectivity index (χ0n) is 15.8. The Morgan fingerprint density at radius 3 is 2.71 bits per heavy atom. The van der Waals surface area contributed by atoms with E-state index in [-0.39, 0.29) is 23.4 Å². The van der Waals surface area contributed by atoms with Crippen molar-refractivity contribution in [3.8, 4) is 11.3 Å². The first-order valence-electron chi connectivity index (χ1n) is 9.15. The molecule has 2 aromatic heterocycles. The third-order valence-electron chi connectivity index (χ3n) is 5.20.